The Kier molecular flexibility index (Phi) is 6.14. The van der Waals surface area contributed by atoms with E-state index in [4.69, 9.17) is 10.5 Å². The number of carbonyl (C=O) groups excluding carboxylic acids is 2. The lowest BCUT2D eigenvalue weighted by Gasteiger charge is -2.21. The summed E-state index contributed by atoms with van der Waals surface area (Å²) in [6.07, 6.45) is 0.687. The smallest absolute Gasteiger partial charge is 0.240 e. The van der Waals surface area contributed by atoms with E-state index in [1.807, 2.05) is 13.8 Å². The SMILES string of the molecule is CCC(C)C(NC(=O)Cc1ccc(OC)c(F)c1)C(N)=O. The van der Waals surface area contributed by atoms with Gasteiger partial charge in [0, 0.05) is 0 Å². The third kappa shape index (κ3) is 4.73. The van der Waals surface area contributed by atoms with Crippen molar-refractivity contribution in [2.24, 2.45) is 11.7 Å². The molecule has 2 amide bonds. The molecule has 0 aliphatic rings. The first kappa shape index (κ1) is 16.9. The summed E-state index contributed by atoms with van der Waals surface area (Å²) < 4.78 is 18.4. The second-order valence-corrected chi connectivity index (χ2v) is 4.98. The van der Waals surface area contributed by atoms with Crippen molar-refractivity contribution >= 4 is 11.8 Å². The third-order valence-electron chi connectivity index (χ3n) is 3.42. The first-order valence-electron chi connectivity index (χ1n) is 6.80. The normalized spacial score (nSPS) is 13.3. The topological polar surface area (TPSA) is 81.4 Å². The monoisotopic (exact) mass is 296 g/mol. The van der Waals surface area contributed by atoms with E-state index in [-0.39, 0.29) is 24.0 Å². The van der Waals surface area contributed by atoms with Crippen molar-refractivity contribution in [1.82, 2.24) is 5.32 Å². The molecule has 5 nitrogen and oxygen atoms in total. The van der Waals surface area contributed by atoms with E-state index in [1.54, 1.807) is 6.07 Å². The minimum atomic E-state index is -0.717. The number of benzene rings is 1. The molecule has 1 rings (SSSR count). The minimum Gasteiger partial charge on any atom is -0.494 e. The molecule has 0 aromatic heterocycles. The highest BCUT2D eigenvalue weighted by atomic mass is 19.1. The highest BCUT2D eigenvalue weighted by molar-refractivity contribution is 5.87. The van der Waals surface area contributed by atoms with Crippen molar-refractivity contribution in [3.63, 3.8) is 0 Å². The van der Waals surface area contributed by atoms with Crippen molar-refractivity contribution in [2.45, 2.75) is 32.7 Å². The average molecular weight is 296 g/mol. The van der Waals surface area contributed by atoms with E-state index >= 15 is 0 Å². The Morgan fingerprint density at radius 2 is 2.10 bits per heavy atom. The first-order chi connectivity index (χ1) is 9.88. The number of methoxy groups -OCH3 is 1. The molecule has 0 saturated heterocycles. The Balaban J connectivity index is 2.72. The van der Waals surface area contributed by atoms with Gasteiger partial charge in [0.1, 0.15) is 6.04 Å². The quantitative estimate of drug-likeness (QED) is 0.798. The van der Waals surface area contributed by atoms with Crippen LogP contribution in [0.5, 0.6) is 5.75 Å². The van der Waals surface area contributed by atoms with Crippen LogP contribution in [-0.4, -0.2) is 25.0 Å². The summed E-state index contributed by atoms with van der Waals surface area (Å²) in [5, 5.41) is 2.60. The molecular formula is C15H21FN2O3. The molecule has 0 saturated carbocycles. The molecule has 2 atom stereocenters. The maximum atomic E-state index is 13.5. The molecule has 0 bridgehead atoms. The molecule has 0 aliphatic heterocycles. The molecule has 0 heterocycles. The number of nitrogens with two attached hydrogens (primary N) is 1. The Morgan fingerprint density at radius 3 is 2.57 bits per heavy atom. The van der Waals surface area contributed by atoms with Crippen molar-refractivity contribution in [1.29, 1.82) is 0 Å². The average Bonchev–Trinajstić information content (AvgIpc) is 2.44. The van der Waals surface area contributed by atoms with Gasteiger partial charge in [-0.2, -0.15) is 0 Å². The van der Waals surface area contributed by atoms with Crippen LogP contribution in [-0.2, 0) is 16.0 Å². The Bertz CT molecular complexity index is 520. The fourth-order valence-corrected chi connectivity index (χ4v) is 1.96. The molecule has 0 aliphatic carbocycles. The zero-order chi connectivity index (χ0) is 16.0. The Morgan fingerprint density at radius 1 is 1.43 bits per heavy atom. The second-order valence-electron chi connectivity index (χ2n) is 4.98. The number of rotatable bonds is 7. The van der Waals surface area contributed by atoms with Gasteiger partial charge in [-0.15, -0.1) is 0 Å². The summed E-state index contributed by atoms with van der Waals surface area (Å²) in [7, 11) is 1.37. The number of hydrogen-bond donors (Lipinski definition) is 2. The van der Waals surface area contributed by atoms with E-state index in [9.17, 15) is 14.0 Å². The number of primary amides is 1. The van der Waals surface area contributed by atoms with Crippen LogP contribution in [0.1, 0.15) is 25.8 Å². The van der Waals surface area contributed by atoms with Gasteiger partial charge >= 0.3 is 0 Å². The van der Waals surface area contributed by atoms with Crippen molar-refractivity contribution in [3.05, 3.63) is 29.6 Å². The molecule has 116 valence electrons. The van der Waals surface area contributed by atoms with Crippen LogP contribution < -0.4 is 15.8 Å². The van der Waals surface area contributed by atoms with E-state index in [1.165, 1.54) is 19.2 Å². The van der Waals surface area contributed by atoms with Gasteiger partial charge in [-0.1, -0.05) is 26.3 Å². The van der Waals surface area contributed by atoms with Gasteiger partial charge in [-0.3, -0.25) is 9.59 Å². The predicted molar refractivity (Wildman–Crippen MR) is 77.2 cm³/mol. The third-order valence-corrected chi connectivity index (χ3v) is 3.42. The molecule has 6 heteroatoms. The zero-order valence-electron chi connectivity index (χ0n) is 12.5. The fourth-order valence-electron chi connectivity index (χ4n) is 1.96. The standard InChI is InChI=1S/C15H21FN2O3/c1-4-9(2)14(15(17)20)18-13(19)8-10-5-6-12(21-3)11(16)7-10/h5-7,9,14H,4,8H2,1-3H3,(H2,17,20)(H,18,19). The van der Waals surface area contributed by atoms with Crippen molar-refractivity contribution in [2.75, 3.05) is 7.11 Å². The van der Waals surface area contributed by atoms with Crippen LogP contribution >= 0.6 is 0 Å². The summed E-state index contributed by atoms with van der Waals surface area (Å²) >= 11 is 0. The largest absolute Gasteiger partial charge is 0.494 e. The first-order valence-corrected chi connectivity index (χ1v) is 6.80. The zero-order valence-corrected chi connectivity index (χ0v) is 12.5. The molecule has 0 spiro atoms. The Labute approximate surface area is 123 Å². The lowest BCUT2D eigenvalue weighted by atomic mass is 9.98. The van der Waals surface area contributed by atoms with Gasteiger partial charge in [-0.25, -0.2) is 4.39 Å². The van der Waals surface area contributed by atoms with Gasteiger partial charge in [0.05, 0.1) is 13.5 Å². The van der Waals surface area contributed by atoms with E-state index in [0.29, 0.717) is 12.0 Å². The van der Waals surface area contributed by atoms with Crippen molar-refractivity contribution < 1.29 is 18.7 Å². The minimum absolute atomic E-state index is 0.0267. The van der Waals surface area contributed by atoms with Crippen LogP contribution in [0.3, 0.4) is 0 Å². The van der Waals surface area contributed by atoms with Crippen LogP contribution in [0, 0.1) is 11.7 Å². The summed E-state index contributed by atoms with van der Waals surface area (Å²) in [4.78, 5) is 23.3. The van der Waals surface area contributed by atoms with Gasteiger partial charge in [0.25, 0.3) is 0 Å². The van der Waals surface area contributed by atoms with Gasteiger partial charge in [0.2, 0.25) is 11.8 Å². The highest BCUT2D eigenvalue weighted by Crippen LogP contribution is 2.18. The number of hydrogen-bond acceptors (Lipinski definition) is 3. The predicted octanol–water partition coefficient (Wildman–Crippen LogP) is 1.39. The van der Waals surface area contributed by atoms with Crippen LogP contribution in [0.25, 0.3) is 0 Å². The lowest BCUT2D eigenvalue weighted by molar-refractivity contribution is -0.128. The van der Waals surface area contributed by atoms with Gasteiger partial charge < -0.3 is 15.8 Å². The van der Waals surface area contributed by atoms with E-state index in [0.717, 1.165) is 0 Å². The molecule has 1 aromatic rings. The molecule has 3 N–H and O–H groups in total. The summed E-state index contributed by atoms with van der Waals surface area (Å²) in [5.74, 6) is -1.41. The van der Waals surface area contributed by atoms with Gasteiger partial charge in [0.15, 0.2) is 11.6 Å². The van der Waals surface area contributed by atoms with Crippen LogP contribution in [0.2, 0.25) is 0 Å². The Hall–Kier alpha value is -2.11. The molecule has 2 unspecified atom stereocenters. The van der Waals surface area contributed by atoms with E-state index in [2.05, 4.69) is 5.32 Å². The summed E-state index contributed by atoms with van der Waals surface area (Å²) in [6.45, 7) is 3.74. The number of amides is 2. The van der Waals surface area contributed by atoms with Crippen LogP contribution in [0.4, 0.5) is 4.39 Å². The summed E-state index contributed by atoms with van der Waals surface area (Å²) in [6, 6.07) is 3.58. The molecule has 0 radical (unpaired) electrons. The number of ether oxygens (including phenoxy) is 1. The molecule has 0 fully saturated rings. The molecular weight excluding hydrogens is 275 g/mol. The van der Waals surface area contributed by atoms with Gasteiger partial charge in [-0.05, 0) is 23.6 Å². The number of carbonyl (C=O) groups is 2. The number of halogens is 1. The summed E-state index contributed by atoms with van der Waals surface area (Å²) in [5.41, 5.74) is 5.78. The lowest BCUT2D eigenvalue weighted by Crippen LogP contribution is -2.48. The van der Waals surface area contributed by atoms with E-state index < -0.39 is 17.8 Å². The number of nitrogens with one attached hydrogen (secondary N) is 1. The van der Waals surface area contributed by atoms with Crippen LogP contribution in [0.15, 0.2) is 18.2 Å². The molecule has 21 heavy (non-hydrogen) atoms. The van der Waals surface area contributed by atoms with Crippen molar-refractivity contribution in [3.8, 4) is 5.75 Å². The molecule has 1 aromatic carbocycles. The maximum Gasteiger partial charge on any atom is 0.240 e. The fraction of sp³-hybridized carbons (Fsp3) is 0.467. The second kappa shape index (κ2) is 7.61. The highest BCUT2D eigenvalue weighted by Gasteiger charge is 2.23. The maximum absolute atomic E-state index is 13.5.